The summed E-state index contributed by atoms with van der Waals surface area (Å²) in [5, 5.41) is -0.252. The number of alkyl halides is 3. The van der Waals surface area contributed by atoms with Crippen molar-refractivity contribution in [2.24, 2.45) is 4.99 Å². The summed E-state index contributed by atoms with van der Waals surface area (Å²) >= 11 is 5.59. The van der Waals surface area contributed by atoms with Gasteiger partial charge < -0.3 is 4.74 Å². The number of nitrogens with zero attached hydrogens (tertiary/aromatic N) is 2. The summed E-state index contributed by atoms with van der Waals surface area (Å²) in [5.74, 6) is 0. The van der Waals surface area contributed by atoms with E-state index in [4.69, 9.17) is 11.6 Å². The van der Waals surface area contributed by atoms with Crippen LogP contribution in [-0.2, 0) is 10.9 Å². The molecule has 0 aliphatic heterocycles. The fourth-order valence-corrected chi connectivity index (χ4v) is 1.19. The number of amides is 1. The Kier molecular flexibility index (Phi) is 4.66. The minimum absolute atomic E-state index is 0.0438. The Morgan fingerprint density at radius 3 is 2.78 bits per heavy atom. The molecule has 0 aliphatic rings. The molecule has 0 radical (unpaired) electrons. The second-order valence-corrected chi connectivity index (χ2v) is 3.45. The molecule has 0 unspecified atom stereocenters. The summed E-state index contributed by atoms with van der Waals surface area (Å²) in [5.41, 5.74) is -1.02. The maximum atomic E-state index is 12.3. The summed E-state index contributed by atoms with van der Waals surface area (Å²) in [7, 11) is 0. The molecule has 0 saturated heterocycles. The van der Waals surface area contributed by atoms with Crippen LogP contribution in [0.25, 0.3) is 0 Å². The number of halogens is 4. The van der Waals surface area contributed by atoms with E-state index in [0.29, 0.717) is 12.3 Å². The second-order valence-electron chi connectivity index (χ2n) is 3.05. The van der Waals surface area contributed by atoms with Crippen LogP contribution in [0.4, 0.5) is 18.0 Å². The number of aromatic nitrogens is 1. The Hall–Kier alpha value is -1.63. The average molecular weight is 281 g/mol. The molecule has 0 saturated carbocycles. The smallest absolute Gasteiger partial charge is 0.433 e. The van der Waals surface area contributed by atoms with Gasteiger partial charge in [-0.15, -0.1) is 0 Å². The van der Waals surface area contributed by atoms with Crippen LogP contribution in [0.1, 0.15) is 18.2 Å². The largest absolute Gasteiger partial charge is 0.448 e. The molecule has 0 N–H and O–H groups in total. The number of hydrogen-bond donors (Lipinski definition) is 0. The van der Waals surface area contributed by atoms with Crippen LogP contribution in [0.15, 0.2) is 17.3 Å². The SMILES string of the molecule is CCOC(=O)N=Cc1ncc(C(F)(F)F)cc1Cl. The van der Waals surface area contributed by atoms with Crippen LogP contribution < -0.4 is 0 Å². The monoisotopic (exact) mass is 280 g/mol. The molecule has 8 heteroatoms. The Bertz CT molecular complexity index is 475. The number of hydrogen-bond acceptors (Lipinski definition) is 3. The van der Waals surface area contributed by atoms with Gasteiger partial charge in [-0.1, -0.05) is 11.6 Å². The lowest BCUT2D eigenvalue weighted by Crippen LogP contribution is -2.07. The zero-order valence-electron chi connectivity index (χ0n) is 9.16. The fourth-order valence-electron chi connectivity index (χ4n) is 0.973. The summed E-state index contributed by atoms with van der Waals surface area (Å²) in [6.45, 7) is 1.74. The number of aliphatic imine (C=N–C) groups is 1. The number of carbonyl (C=O) groups is 1. The van der Waals surface area contributed by atoms with E-state index in [1.54, 1.807) is 6.92 Å². The average Bonchev–Trinajstić information content (AvgIpc) is 2.26. The third-order valence-corrected chi connectivity index (χ3v) is 2.06. The zero-order chi connectivity index (χ0) is 13.8. The molecule has 18 heavy (non-hydrogen) atoms. The number of carbonyl (C=O) groups excluding carboxylic acids is 1. The first kappa shape index (κ1) is 14.4. The van der Waals surface area contributed by atoms with Crippen molar-refractivity contribution in [3.8, 4) is 0 Å². The van der Waals surface area contributed by atoms with Crippen molar-refractivity contribution in [3.05, 3.63) is 28.5 Å². The van der Waals surface area contributed by atoms with Crippen molar-refractivity contribution in [2.75, 3.05) is 6.61 Å². The minimum Gasteiger partial charge on any atom is -0.448 e. The molecule has 0 atom stereocenters. The van der Waals surface area contributed by atoms with Gasteiger partial charge in [0, 0.05) is 6.20 Å². The van der Waals surface area contributed by atoms with Gasteiger partial charge in [0.2, 0.25) is 0 Å². The quantitative estimate of drug-likeness (QED) is 0.781. The maximum Gasteiger partial charge on any atom is 0.433 e. The van der Waals surface area contributed by atoms with Crippen LogP contribution in [-0.4, -0.2) is 23.9 Å². The zero-order valence-corrected chi connectivity index (χ0v) is 9.92. The number of pyridine rings is 1. The standard InChI is InChI=1S/C10H8ClF3N2O2/c1-2-18-9(17)16-5-8-7(11)3-6(4-15-8)10(12,13)14/h3-5H,2H2,1H3. The lowest BCUT2D eigenvalue weighted by atomic mass is 10.2. The molecule has 1 aromatic rings. The Labute approximate surface area is 105 Å². The third-order valence-electron chi connectivity index (χ3n) is 1.76. The van der Waals surface area contributed by atoms with Gasteiger partial charge in [-0.3, -0.25) is 4.98 Å². The van der Waals surface area contributed by atoms with Crippen LogP contribution >= 0.6 is 11.6 Å². The highest BCUT2D eigenvalue weighted by Crippen LogP contribution is 2.30. The Balaban J connectivity index is 2.90. The highest BCUT2D eigenvalue weighted by molar-refractivity contribution is 6.32. The normalized spacial score (nSPS) is 11.8. The first-order valence-electron chi connectivity index (χ1n) is 4.78. The van der Waals surface area contributed by atoms with Crippen LogP contribution in [0.5, 0.6) is 0 Å². The van der Waals surface area contributed by atoms with Gasteiger partial charge in [-0.25, -0.2) is 4.79 Å². The molecular formula is C10H8ClF3N2O2. The van der Waals surface area contributed by atoms with Crippen molar-refractivity contribution < 1.29 is 22.7 Å². The highest BCUT2D eigenvalue weighted by Gasteiger charge is 2.31. The first-order valence-corrected chi connectivity index (χ1v) is 5.16. The van der Waals surface area contributed by atoms with E-state index in [9.17, 15) is 18.0 Å². The Morgan fingerprint density at radius 1 is 1.61 bits per heavy atom. The maximum absolute atomic E-state index is 12.3. The fraction of sp³-hybridized carbons (Fsp3) is 0.300. The minimum atomic E-state index is -4.52. The number of rotatable bonds is 2. The van der Waals surface area contributed by atoms with Gasteiger partial charge in [0.05, 0.1) is 23.4 Å². The molecule has 1 rings (SSSR count). The summed E-state index contributed by atoms with van der Waals surface area (Å²) < 4.78 is 41.4. The highest BCUT2D eigenvalue weighted by atomic mass is 35.5. The van der Waals surface area contributed by atoms with E-state index in [1.807, 2.05) is 0 Å². The van der Waals surface area contributed by atoms with E-state index in [2.05, 4.69) is 14.7 Å². The molecule has 1 heterocycles. The predicted molar refractivity (Wildman–Crippen MR) is 58.9 cm³/mol. The van der Waals surface area contributed by atoms with E-state index in [0.717, 1.165) is 6.21 Å². The van der Waals surface area contributed by atoms with Gasteiger partial charge in [0.15, 0.2) is 0 Å². The molecule has 1 amide bonds. The molecule has 0 aromatic carbocycles. The molecule has 0 fully saturated rings. The number of ether oxygens (including phenoxy) is 1. The molecule has 0 spiro atoms. The van der Waals surface area contributed by atoms with Crippen molar-refractivity contribution in [2.45, 2.75) is 13.1 Å². The third kappa shape index (κ3) is 3.99. The van der Waals surface area contributed by atoms with Crippen molar-refractivity contribution in [1.82, 2.24) is 4.98 Å². The molecule has 1 aromatic heterocycles. The first-order chi connectivity index (χ1) is 8.34. The van der Waals surface area contributed by atoms with Gasteiger partial charge in [-0.2, -0.15) is 18.2 Å². The molecule has 0 bridgehead atoms. The van der Waals surface area contributed by atoms with Gasteiger partial charge in [0.1, 0.15) is 5.69 Å². The molecule has 0 aliphatic carbocycles. The summed E-state index contributed by atoms with van der Waals surface area (Å²) in [6.07, 6.45) is -3.83. The topological polar surface area (TPSA) is 51.5 Å². The van der Waals surface area contributed by atoms with Crippen LogP contribution in [0, 0.1) is 0 Å². The van der Waals surface area contributed by atoms with Crippen molar-refractivity contribution in [1.29, 1.82) is 0 Å². The molecule has 98 valence electrons. The van der Waals surface area contributed by atoms with E-state index in [1.165, 1.54) is 0 Å². The second kappa shape index (κ2) is 5.81. The lowest BCUT2D eigenvalue weighted by Gasteiger charge is -2.06. The predicted octanol–water partition coefficient (Wildman–Crippen LogP) is 3.33. The summed E-state index contributed by atoms with van der Waals surface area (Å²) in [6, 6.07) is 0.709. The van der Waals surface area contributed by atoms with Gasteiger partial charge in [-0.05, 0) is 13.0 Å². The van der Waals surface area contributed by atoms with Gasteiger partial charge >= 0.3 is 12.3 Å². The molecule has 4 nitrogen and oxygen atoms in total. The van der Waals surface area contributed by atoms with Gasteiger partial charge in [0.25, 0.3) is 0 Å². The Morgan fingerprint density at radius 2 is 2.28 bits per heavy atom. The van der Waals surface area contributed by atoms with Crippen LogP contribution in [0.3, 0.4) is 0 Å². The van der Waals surface area contributed by atoms with E-state index < -0.39 is 17.8 Å². The van der Waals surface area contributed by atoms with Crippen molar-refractivity contribution in [3.63, 3.8) is 0 Å². The van der Waals surface area contributed by atoms with Crippen molar-refractivity contribution >= 4 is 23.9 Å². The lowest BCUT2D eigenvalue weighted by molar-refractivity contribution is -0.137. The van der Waals surface area contributed by atoms with E-state index >= 15 is 0 Å². The van der Waals surface area contributed by atoms with E-state index in [-0.39, 0.29) is 17.3 Å². The summed E-state index contributed by atoms with van der Waals surface area (Å²) in [4.78, 5) is 17.7. The molecular weight excluding hydrogens is 273 g/mol. The van der Waals surface area contributed by atoms with Crippen LogP contribution in [0.2, 0.25) is 5.02 Å².